The van der Waals surface area contributed by atoms with E-state index < -0.39 is 0 Å². The van der Waals surface area contributed by atoms with Crippen molar-refractivity contribution in [2.45, 2.75) is 65.7 Å². The van der Waals surface area contributed by atoms with Crippen molar-refractivity contribution >= 4 is 11.9 Å². The van der Waals surface area contributed by atoms with Crippen LogP contribution in [0.5, 0.6) is 0 Å². The summed E-state index contributed by atoms with van der Waals surface area (Å²) >= 11 is 0. The molecule has 0 aliphatic heterocycles. The van der Waals surface area contributed by atoms with E-state index in [0.29, 0.717) is 18.7 Å². The largest absolute Gasteiger partial charge is 0.469 e. The van der Waals surface area contributed by atoms with Crippen molar-refractivity contribution in [3.05, 3.63) is 35.4 Å². The molecule has 146 valence electrons. The van der Waals surface area contributed by atoms with E-state index in [2.05, 4.69) is 27.7 Å². The van der Waals surface area contributed by atoms with Crippen molar-refractivity contribution in [1.82, 2.24) is 4.90 Å². The van der Waals surface area contributed by atoms with Crippen molar-refractivity contribution in [3.8, 4) is 0 Å². The summed E-state index contributed by atoms with van der Waals surface area (Å²) in [4.78, 5) is 26.6. The van der Waals surface area contributed by atoms with Crippen molar-refractivity contribution < 1.29 is 14.3 Å². The predicted octanol–water partition coefficient (Wildman–Crippen LogP) is 4.82. The van der Waals surface area contributed by atoms with Crippen LogP contribution in [-0.4, -0.2) is 37.0 Å². The highest BCUT2D eigenvalue weighted by atomic mass is 16.5. The summed E-state index contributed by atoms with van der Waals surface area (Å²) in [5.41, 5.74) is 1.93. The van der Waals surface area contributed by atoms with Gasteiger partial charge in [-0.15, -0.1) is 0 Å². The molecule has 0 saturated carbocycles. The van der Waals surface area contributed by atoms with Gasteiger partial charge in [-0.2, -0.15) is 0 Å². The lowest BCUT2D eigenvalue weighted by Crippen LogP contribution is -2.38. The molecular formula is C22H35NO3. The molecule has 0 spiro atoms. The molecule has 4 nitrogen and oxygen atoms in total. The Labute approximate surface area is 158 Å². The Morgan fingerprint density at radius 1 is 1.08 bits per heavy atom. The Morgan fingerprint density at radius 3 is 2.19 bits per heavy atom. The van der Waals surface area contributed by atoms with Gasteiger partial charge in [-0.05, 0) is 29.5 Å². The van der Waals surface area contributed by atoms with Crippen LogP contribution in [0.1, 0.15) is 76.2 Å². The lowest BCUT2D eigenvalue weighted by atomic mass is 9.86. The number of hydrogen-bond donors (Lipinski definition) is 0. The third-order valence-electron chi connectivity index (χ3n) is 4.66. The van der Waals surface area contributed by atoms with Crippen LogP contribution in [0.3, 0.4) is 0 Å². The first-order valence-electron chi connectivity index (χ1n) is 9.68. The Hall–Kier alpha value is -1.84. The van der Waals surface area contributed by atoms with Gasteiger partial charge in [-0.25, -0.2) is 0 Å². The number of ether oxygens (including phenoxy) is 1. The summed E-state index contributed by atoms with van der Waals surface area (Å²) < 4.78 is 4.82. The SMILES string of the molecule is CCCCCCN(CC(C)C(=O)OC)C(=O)c1ccc(C(C)(C)C)cc1. The normalized spacial score (nSPS) is 12.5. The van der Waals surface area contributed by atoms with E-state index >= 15 is 0 Å². The van der Waals surface area contributed by atoms with Gasteiger partial charge in [0.25, 0.3) is 5.91 Å². The fourth-order valence-corrected chi connectivity index (χ4v) is 2.91. The minimum atomic E-state index is -0.330. The van der Waals surface area contributed by atoms with Crippen molar-refractivity contribution in [2.24, 2.45) is 5.92 Å². The molecule has 4 heteroatoms. The molecule has 0 heterocycles. The number of carbonyl (C=O) groups excluding carboxylic acids is 2. The van der Waals surface area contributed by atoms with E-state index in [9.17, 15) is 9.59 Å². The molecule has 0 bridgehead atoms. The number of unbranched alkanes of at least 4 members (excludes halogenated alkanes) is 3. The monoisotopic (exact) mass is 361 g/mol. The second-order valence-corrected chi connectivity index (χ2v) is 8.06. The summed E-state index contributed by atoms with van der Waals surface area (Å²) in [6.45, 7) is 11.5. The second-order valence-electron chi connectivity index (χ2n) is 8.06. The van der Waals surface area contributed by atoms with Gasteiger partial charge in [0.05, 0.1) is 13.0 Å². The molecule has 0 saturated heterocycles. The van der Waals surface area contributed by atoms with Crippen LogP contribution in [0.15, 0.2) is 24.3 Å². The average molecular weight is 362 g/mol. The lowest BCUT2D eigenvalue weighted by Gasteiger charge is -2.26. The van der Waals surface area contributed by atoms with E-state index in [1.54, 1.807) is 11.8 Å². The number of methoxy groups -OCH3 is 1. The summed E-state index contributed by atoms with van der Waals surface area (Å²) in [5.74, 6) is -0.624. The molecule has 0 aliphatic rings. The highest BCUT2D eigenvalue weighted by Gasteiger charge is 2.23. The number of esters is 1. The quantitative estimate of drug-likeness (QED) is 0.468. The smallest absolute Gasteiger partial charge is 0.310 e. The van der Waals surface area contributed by atoms with Gasteiger partial charge >= 0.3 is 5.97 Å². The van der Waals surface area contributed by atoms with E-state index in [0.717, 1.165) is 25.7 Å². The van der Waals surface area contributed by atoms with E-state index in [1.165, 1.54) is 12.7 Å². The van der Waals surface area contributed by atoms with Crippen LogP contribution in [0.4, 0.5) is 0 Å². The van der Waals surface area contributed by atoms with Gasteiger partial charge in [-0.3, -0.25) is 9.59 Å². The molecule has 0 N–H and O–H groups in total. The van der Waals surface area contributed by atoms with E-state index in [1.807, 2.05) is 24.3 Å². The molecule has 1 atom stereocenters. The van der Waals surface area contributed by atoms with Crippen LogP contribution in [0, 0.1) is 5.92 Å². The zero-order chi connectivity index (χ0) is 19.7. The molecule has 0 aromatic heterocycles. The molecule has 0 fully saturated rings. The highest BCUT2D eigenvalue weighted by Crippen LogP contribution is 2.22. The molecule has 0 aliphatic carbocycles. The molecule has 1 aromatic rings. The molecule has 26 heavy (non-hydrogen) atoms. The number of rotatable bonds is 9. The van der Waals surface area contributed by atoms with Crippen molar-refractivity contribution in [3.63, 3.8) is 0 Å². The van der Waals surface area contributed by atoms with Gasteiger partial charge in [0.15, 0.2) is 0 Å². The Morgan fingerprint density at radius 2 is 1.69 bits per heavy atom. The Balaban J connectivity index is 2.89. The van der Waals surface area contributed by atoms with Gasteiger partial charge in [0.2, 0.25) is 0 Å². The molecule has 1 aromatic carbocycles. The van der Waals surface area contributed by atoms with E-state index in [4.69, 9.17) is 4.74 Å². The van der Waals surface area contributed by atoms with Crippen LogP contribution in [0.2, 0.25) is 0 Å². The van der Waals surface area contributed by atoms with Crippen molar-refractivity contribution in [2.75, 3.05) is 20.2 Å². The lowest BCUT2D eigenvalue weighted by molar-refractivity contribution is -0.145. The van der Waals surface area contributed by atoms with Gasteiger partial charge in [-0.1, -0.05) is 66.0 Å². The highest BCUT2D eigenvalue weighted by molar-refractivity contribution is 5.94. The summed E-state index contributed by atoms with van der Waals surface area (Å²) in [6, 6.07) is 7.83. The van der Waals surface area contributed by atoms with Crippen LogP contribution >= 0.6 is 0 Å². The molecule has 1 amide bonds. The maximum absolute atomic E-state index is 13.0. The van der Waals surface area contributed by atoms with E-state index in [-0.39, 0.29) is 23.2 Å². The van der Waals surface area contributed by atoms with Crippen LogP contribution in [0.25, 0.3) is 0 Å². The minimum absolute atomic E-state index is 0.0160. The molecule has 0 radical (unpaired) electrons. The van der Waals surface area contributed by atoms with Gasteiger partial charge < -0.3 is 9.64 Å². The number of hydrogen-bond acceptors (Lipinski definition) is 3. The summed E-state index contributed by atoms with van der Waals surface area (Å²) in [7, 11) is 1.39. The predicted molar refractivity (Wildman–Crippen MR) is 106 cm³/mol. The number of carbonyl (C=O) groups is 2. The zero-order valence-electron chi connectivity index (χ0n) is 17.3. The molecule has 1 unspecified atom stereocenters. The molecular weight excluding hydrogens is 326 g/mol. The number of amides is 1. The first kappa shape index (κ1) is 22.2. The van der Waals surface area contributed by atoms with Crippen LogP contribution < -0.4 is 0 Å². The zero-order valence-corrected chi connectivity index (χ0v) is 17.3. The Bertz CT molecular complexity index is 572. The Kier molecular flexibility index (Phi) is 8.83. The first-order valence-corrected chi connectivity index (χ1v) is 9.68. The first-order chi connectivity index (χ1) is 12.2. The minimum Gasteiger partial charge on any atom is -0.469 e. The average Bonchev–Trinajstić information content (AvgIpc) is 2.62. The third-order valence-corrected chi connectivity index (χ3v) is 4.66. The number of nitrogens with zero attached hydrogens (tertiary/aromatic N) is 1. The topological polar surface area (TPSA) is 46.6 Å². The maximum Gasteiger partial charge on any atom is 0.310 e. The summed E-state index contributed by atoms with van der Waals surface area (Å²) in [6.07, 6.45) is 4.36. The second kappa shape index (κ2) is 10.3. The van der Waals surface area contributed by atoms with Gasteiger partial charge in [0, 0.05) is 18.7 Å². The number of benzene rings is 1. The third kappa shape index (κ3) is 6.81. The standard InChI is InChI=1S/C22H35NO3/c1-7-8-9-10-15-23(16-17(2)21(25)26-6)20(24)18-11-13-19(14-12-18)22(3,4)5/h11-14,17H,7-10,15-16H2,1-6H3. The fourth-order valence-electron chi connectivity index (χ4n) is 2.91. The molecule has 1 rings (SSSR count). The summed E-state index contributed by atoms with van der Waals surface area (Å²) in [5, 5.41) is 0. The van der Waals surface area contributed by atoms with Crippen molar-refractivity contribution in [1.29, 1.82) is 0 Å². The maximum atomic E-state index is 13.0. The van der Waals surface area contributed by atoms with Crippen LogP contribution in [-0.2, 0) is 14.9 Å². The fraction of sp³-hybridized carbons (Fsp3) is 0.636. The van der Waals surface area contributed by atoms with Gasteiger partial charge in [0.1, 0.15) is 0 Å².